The van der Waals surface area contributed by atoms with Crippen molar-refractivity contribution in [1.29, 1.82) is 0 Å². The molecule has 0 atom stereocenters. The average molecular weight is 292 g/mol. The largest absolute Gasteiger partial charge is 0.449 e. The van der Waals surface area contributed by atoms with E-state index in [4.69, 9.17) is 17.0 Å². The number of esters is 1. The lowest BCUT2D eigenvalue weighted by Gasteiger charge is -2.20. The topological polar surface area (TPSA) is 50.4 Å². The van der Waals surface area contributed by atoms with Gasteiger partial charge in [-0.2, -0.15) is 0 Å². The summed E-state index contributed by atoms with van der Waals surface area (Å²) in [5.74, 6) is 5.36. The standard InChI is InChI=1S/C13H12N2O2S2/c1-9-11(8-14-13(18)15-9)12(16)17-6-2-4-10-5-3-7-19-10/h3,5,7H,6,8H2,1H3,(H2,14,15,18). The molecule has 1 aromatic heterocycles. The van der Waals surface area contributed by atoms with Gasteiger partial charge in [-0.15, -0.1) is 11.3 Å². The molecule has 19 heavy (non-hydrogen) atoms. The average Bonchev–Trinajstić information content (AvgIpc) is 2.87. The molecule has 0 saturated carbocycles. The first-order chi connectivity index (χ1) is 9.16. The van der Waals surface area contributed by atoms with Crippen molar-refractivity contribution in [1.82, 2.24) is 10.6 Å². The van der Waals surface area contributed by atoms with Gasteiger partial charge in [-0.3, -0.25) is 0 Å². The molecule has 2 heterocycles. The number of carbonyl (C=O) groups is 1. The monoisotopic (exact) mass is 292 g/mol. The minimum atomic E-state index is -0.375. The number of thiocarbonyl (C=S) groups is 1. The summed E-state index contributed by atoms with van der Waals surface area (Å²) in [7, 11) is 0. The van der Waals surface area contributed by atoms with Crippen LogP contribution in [0.2, 0.25) is 0 Å². The molecule has 0 unspecified atom stereocenters. The summed E-state index contributed by atoms with van der Waals surface area (Å²) in [4.78, 5) is 12.8. The molecule has 0 aliphatic carbocycles. The third kappa shape index (κ3) is 3.81. The van der Waals surface area contributed by atoms with E-state index in [1.165, 1.54) is 0 Å². The molecule has 0 radical (unpaired) electrons. The maximum absolute atomic E-state index is 11.8. The number of hydrogen-bond donors (Lipinski definition) is 2. The second-order valence-corrected chi connectivity index (χ2v) is 5.12. The maximum Gasteiger partial charge on any atom is 0.338 e. The van der Waals surface area contributed by atoms with Crippen molar-refractivity contribution in [2.24, 2.45) is 0 Å². The van der Waals surface area contributed by atoms with Gasteiger partial charge < -0.3 is 15.4 Å². The molecule has 0 aromatic carbocycles. The minimum absolute atomic E-state index is 0.0813. The van der Waals surface area contributed by atoms with E-state index in [-0.39, 0.29) is 12.6 Å². The van der Waals surface area contributed by atoms with E-state index in [0.29, 0.717) is 17.2 Å². The van der Waals surface area contributed by atoms with Gasteiger partial charge in [0.2, 0.25) is 0 Å². The molecule has 2 N–H and O–H groups in total. The molecular weight excluding hydrogens is 280 g/mol. The van der Waals surface area contributed by atoms with Crippen LogP contribution in [0.4, 0.5) is 0 Å². The maximum atomic E-state index is 11.8. The van der Waals surface area contributed by atoms with Crippen LogP contribution in [0.15, 0.2) is 28.8 Å². The van der Waals surface area contributed by atoms with E-state index in [9.17, 15) is 4.79 Å². The summed E-state index contributed by atoms with van der Waals surface area (Å²) in [5, 5.41) is 8.24. The predicted molar refractivity (Wildman–Crippen MR) is 78.6 cm³/mol. The van der Waals surface area contributed by atoms with Crippen LogP contribution < -0.4 is 10.6 Å². The smallest absolute Gasteiger partial charge is 0.338 e. The number of nitrogens with one attached hydrogen (secondary N) is 2. The van der Waals surface area contributed by atoms with Crippen LogP contribution >= 0.6 is 23.6 Å². The highest BCUT2D eigenvalue weighted by atomic mass is 32.1. The van der Waals surface area contributed by atoms with Gasteiger partial charge in [0.05, 0.1) is 17.0 Å². The van der Waals surface area contributed by atoms with E-state index in [1.54, 1.807) is 18.3 Å². The quantitative estimate of drug-likeness (QED) is 0.490. The van der Waals surface area contributed by atoms with Crippen LogP contribution in [0.5, 0.6) is 0 Å². The van der Waals surface area contributed by atoms with Gasteiger partial charge in [0.15, 0.2) is 11.7 Å². The Labute approximate surface area is 120 Å². The zero-order valence-corrected chi connectivity index (χ0v) is 11.9. The Morgan fingerprint density at radius 1 is 1.63 bits per heavy atom. The van der Waals surface area contributed by atoms with E-state index in [0.717, 1.165) is 10.6 Å². The highest BCUT2D eigenvalue weighted by Gasteiger charge is 2.19. The minimum Gasteiger partial charge on any atom is -0.449 e. The molecule has 0 saturated heterocycles. The molecule has 0 fully saturated rings. The summed E-state index contributed by atoms with van der Waals surface area (Å²) in [6.07, 6.45) is 0. The Morgan fingerprint density at radius 2 is 2.47 bits per heavy atom. The molecule has 2 rings (SSSR count). The fourth-order valence-corrected chi connectivity index (χ4v) is 2.30. The van der Waals surface area contributed by atoms with E-state index >= 15 is 0 Å². The number of ether oxygens (including phenoxy) is 1. The Morgan fingerprint density at radius 3 is 3.16 bits per heavy atom. The third-order valence-corrected chi connectivity index (χ3v) is 3.47. The van der Waals surface area contributed by atoms with Crippen molar-refractivity contribution in [2.45, 2.75) is 6.92 Å². The number of hydrogen-bond acceptors (Lipinski definition) is 4. The summed E-state index contributed by atoms with van der Waals surface area (Å²) in [5.41, 5.74) is 1.27. The number of carbonyl (C=O) groups excluding carboxylic acids is 1. The summed E-state index contributed by atoms with van der Waals surface area (Å²) in [6, 6.07) is 3.85. The number of allylic oxidation sites excluding steroid dienone is 1. The predicted octanol–water partition coefficient (Wildman–Crippen LogP) is 1.39. The van der Waals surface area contributed by atoms with Crippen molar-refractivity contribution in [3.05, 3.63) is 33.7 Å². The lowest BCUT2D eigenvalue weighted by atomic mass is 10.2. The van der Waals surface area contributed by atoms with Crippen LogP contribution in [0.3, 0.4) is 0 Å². The first-order valence-electron chi connectivity index (χ1n) is 5.61. The van der Waals surface area contributed by atoms with Crippen molar-refractivity contribution < 1.29 is 9.53 Å². The van der Waals surface area contributed by atoms with Gasteiger partial charge in [0.25, 0.3) is 0 Å². The Hall–Kier alpha value is -1.84. The molecule has 1 aliphatic heterocycles. The molecular formula is C13H12N2O2S2. The molecule has 4 nitrogen and oxygen atoms in total. The fraction of sp³-hybridized carbons (Fsp3) is 0.231. The Balaban J connectivity index is 1.88. The van der Waals surface area contributed by atoms with Gasteiger partial charge in [-0.1, -0.05) is 17.9 Å². The zero-order chi connectivity index (χ0) is 13.7. The lowest BCUT2D eigenvalue weighted by molar-refractivity contribution is -0.137. The van der Waals surface area contributed by atoms with Gasteiger partial charge in [-0.25, -0.2) is 4.79 Å². The Bertz CT molecular complexity index is 580. The first kappa shape index (κ1) is 13.6. The number of rotatable bonds is 2. The molecule has 98 valence electrons. The van der Waals surface area contributed by atoms with E-state index in [1.807, 2.05) is 17.5 Å². The van der Waals surface area contributed by atoms with Crippen LogP contribution in [-0.2, 0) is 9.53 Å². The van der Waals surface area contributed by atoms with Crippen LogP contribution in [0, 0.1) is 11.8 Å². The van der Waals surface area contributed by atoms with E-state index in [2.05, 4.69) is 22.5 Å². The highest BCUT2D eigenvalue weighted by Crippen LogP contribution is 2.07. The molecule has 0 amide bonds. The SMILES string of the molecule is CC1=C(C(=O)OCC#Cc2cccs2)CNC(=S)N1. The summed E-state index contributed by atoms with van der Waals surface area (Å²) >= 11 is 6.50. The highest BCUT2D eigenvalue weighted by molar-refractivity contribution is 7.80. The molecule has 0 spiro atoms. The van der Waals surface area contributed by atoms with Crippen molar-refractivity contribution in [2.75, 3.05) is 13.2 Å². The zero-order valence-electron chi connectivity index (χ0n) is 10.3. The molecule has 1 aromatic rings. The van der Waals surface area contributed by atoms with Crippen LogP contribution in [0.1, 0.15) is 11.8 Å². The number of thiophene rings is 1. The summed E-state index contributed by atoms with van der Waals surface area (Å²) < 4.78 is 5.10. The van der Waals surface area contributed by atoms with Crippen molar-refractivity contribution >= 4 is 34.6 Å². The van der Waals surface area contributed by atoms with Crippen molar-refractivity contribution in [3.8, 4) is 11.8 Å². The van der Waals surface area contributed by atoms with Crippen LogP contribution in [0.25, 0.3) is 0 Å². The van der Waals surface area contributed by atoms with Crippen molar-refractivity contribution in [3.63, 3.8) is 0 Å². The second-order valence-electron chi connectivity index (χ2n) is 3.77. The summed E-state index contributed by atoms with van der Waals surface area (Å²) in [6.45, 7) is 2.26. The van der Waals surface area contributed by atoms with E-state index < -0.39 is 0 Å². The normalized spacial score (nSPS) is 14.1. The van der Waals surface area contributed by atoms with Gasteiger partial charge in [0.1, 0.15) is 0 Å². The Kier molecular flexibility index (Phi) is 4.55. The first-order valence-corrected chi connectivity index (χ1v) is 6.89. The van der Waals surface area contributed by atoms with Crippen LogP contribution in [-0.4, -0.2) is 24.2 Å². The second kappa shape index (κ2) is 6.36. The molecule has 0 bridgehead atoms. The van der Waals surface area contributed by atoms with Gasteiger partial charge in [0, 0.05) is 5.70 Å². The molecule has 1 aliphatic rings. The lowest BCUT2D eigenvalue weighted by Crippen LogP contribution is -2.42. The molecule has 6 heteroatoms. The van der Waals surface area contributed by atoms with Gasteiger partial charge in [-0.05, 0) is 30.6 Å². The van der Waals surface area contributed by atoms with Gasteiger partial charge >= 0.3 is 5.97 Å². The third-order valence-electron chi connectivity index (χ3n) is 2.43. The fourth-order valence-electron chi connectivity index (χ4n) is 1.48.